The molecule has 0 spiro atoms. The number of nitrogens with one attached hydrogen (secondary N) is 1. The number of aromatic nitrogens is 4. The maximum absolute atomic E-state index is 12.7. The Hall–Kier alpha value is -3.02. The Labute approximate surface area is 140 Å². The summed E-state index contributed by atoms with van der Waals surface area (Å²) in [5.74, 6) is -0.144. The van der Waals surface area contributed by atoms with E-state index >= 15 is 0 Å². The van der Waals surface area contributed by atoms with Gasteiger partial charge in [0.2, 0.25) is 0 Å². The summed E-state index contributed by atoms with van der Waals surface area (Å²) in [6.07, 6.45) is 3.12. The average molecular weight is 321 g/mol. The van der Waals surface area contributed by atoms with Gasteiger partial charge in [0, 0.05) is 5.69 Å². The van der Waals surface area contributed by atoms with Crippen LogP contribution >= 0.6 is 0 Å². The van der Waals surface area contributed by atoms with Crippen molar-refractivity contribution < 1.29 is 4.79 Å². The van der Waals surface area contributed by atoms with Crippen LogP contribution in [0.25, 0.3) is 0 Å². The van der Waals surface area contributed by atoms with Crippen molar-refractivity contribution in [2.75, 3.05) is 0 Å². The van der Waals surface area contributed by atoms with Gasteiger partial charge in [0.1, 0.15) is 12.7 Å². The number of benzene rings is 1. The zero-order valence-electron chi connectivity index (χ0n) is 13.7. The van der Waals surface area contributed by atoms with Crippen molar-refractivity contribution in [1.82, 2.24) is 25.1 Å². The molecule has 3 rings (SSSR count). The highest BCUT2D eigenvalue weighted by Gasteiger charge is 2.18. The van der Waals surface area contributed by atoms with Gasteiger partial charge < -0.3 is 5.32 Å². The SMILES string of the molecule is Cc1ccc(C(=O)N[C@@H](Cn2cncn2)c2ccccc2)c(C)n1. The molecule has 1 atom stereocenters. The quantitative estimate of drug-likeness (QED) is 0.783. The second kappa shape index (κ2) is 7.04. The standard InChI is InChI=1S/C18H19N5O/c1-13-8-9-16(14(2)21-13)18(24)22-17(10-23-12-19-11-20-23)15-6-4-3-5-7-15/h3-9,11-12,17H,10H2,1-2H3,(H,22,24)/t17-/m0/s1. The van der Waals surface area contributed by atoms with Gasteiger partial charge in [-0.1, -0.05) is 30.3 Å². The maximum Gasteiger partial charge on any atom is 0.253 e. The summed E-state index contributed by atoms with van der Waals surface area (Å²) in [5, 5.41) is 7.21. The molecule has 1 amide bonds. The smallest absolute Gasteiger partial charge is 0.253 e. The largest absolute Gasteiger partial charge is 0.343 e. The van der Waals surface area contributed by atoms with Crippen LogP contribution in [0.3, 0.4) is 0 Å². The highest BCUT2D eigenvalue weighted by atomic mass is 16.1. The predicted molar refractivity (Wildman–Crippen MR) is 90.4 cm³/mol. The average Bonchev–Trinajstić information content (AvgIpc) is 3.08. The first-order valence-corrected chi connectivity index (χ1v) is 7.76. The summed E-state index contributed by atoms with van der Waals surface area (Å²) in [6.45, 7) is 4.26. The van der Waals surface area contributed by atoms with E-state index in [0.717, 1.165) is 17.0 Å². The minimum Gasteiger partial charge on any atom is -0.343 e. The van der Waals surface area contributed by atoms with E-state index in [-0.39, 0.29) is 11.9 Å². The van der Waals surface area contributed by atoms with E-state index in [4.69, 9.17) is 0 Å². The molecule has 6 heteroatoms. The monoisotopic (exact) mass is 321 g/mol. The zero-order chi connectivity index (χ0) is 16.9. The van der Waals surface area contributed by atoms with Crippen LogP contribution < -0.4 is 5.32 Å². The summed E-state index contributed by atoms with van der Waals surface area (Å²) in [6, 6.07) is 13.3. The number of rotatable bonds is 5. The predicted octanol–water partition coefficient (Wildman–Crippen LogP) is 2.46. The lowest BCUT2D eigenvalue weighted by molar-refractivity contribution is 0.0930. The van der Waals surface area contributed by atoms with E-state index < -0.39 is 0 Å². The number of carbonyl (C=O) groups is 1. The second-order valence-corrected chi connectivity index (χ2v) is 5.64. The third-order valence-electron chi connectivity index (χ3n) is 3.81. The third kappa shape index (κ3) is 3.65. The molecule has 1 aromatic carbocycles. The van der Waals surface area contributed by atoms with E-state index in [1.165, 1.54) is 6.33 Å². The van der Waals surface area contributed by atoms with Crippen LogP contribution in [0.15, 0.2) is 55.1 Å². The van der Waals surface area contributed by atoms with Gasteiger partial charge in [-0.25, -0.2) is 4.98 Å². The Kier molecular flexibility index (Phi) is 4.65. The number of hydrogen-bond acceptors (Lipinski definition) is 4. The van der Waals surface area contributed by atoms with Crippen molar-refractivity contribution in [3.63, 3.8) is 0 Å². The van der Waals surface area contributed by atoms with E-state index in [2.05, 4.69) is 20.4 Å². The molecule has 0 saturated carbocycles. The molecule has 0 unspecified atom stereocenters. The zero-order valence-corrected chi connectivity index (χ0v) is 13.7. The molecule has 0 aliphatic rings. The van der Waals surface area contributed by atoms with E-state index in [1.807, 2.05) is 56.3 Å². The molecule has 0 aliphatic heterocycles. The molecule has 0 fully saturated rings. The molecule has 0 saturated heterocycles. The molecular formula is C18H19N5O. The van der Waals surface area contributed by atoms with Gasteiger partial charge >= 0.3 is 0 Å². The number of aryl methyl sites for hydroxylation is 2. The van der Waals surface area contributed by atoms with Crippen LogP contribution in [-0.4, -0.2) is 25.7 Å². The molecule has 0 aliphatic carbocycles. The van der Waals surface area contributed by atoms with E-state index in [9.17, 15) is 4.79 Å². The molecule has 0 bridgehead atoms. The fourth-order valence-electron chi connectivity index (χ4n) is 2.60. The number of pyridine rings is 1. The number of hydrogen-bond donors (Lipinski definition) is 1. The lowest BCUT2D eigenvalue weighted by Gasteiger charge is -2.19. The van der Waals surface area contributed by atoms with Crippen molar-refractivity contribution in [3.05, 3.63) is 77.6 Å². The highest BCUT2D eigenvalue weighted by molar-refractivity contribution is 5.95. The molecule has 122 valence electrons. The van der Waals surface area contributed by atoms with Gasteiger partial charge in [-0.15, -0.1) is 0 Å². The summed E-state index contributed by atoms with van der Waals surface area (Å²) in [4.78, 5) is 21.0. The first kappa shape index (κ1) is 15.9. The fourth-order valence-corrected chi connectivity index (χ4v) is 2.60. The second-order valence-electron chi connectivity index (χ2n) is 5.64. The van der Waals surface area contributed by atoms with Gasteiger partial charge in [0.25, 0.3) is 5.91 Å². The Morgan fingerprint density at radius 1 is 1.17 bits per heavy atom. The molecular weight excluding hydrogens is 302 g/mol. The minimum absolute atomic E-state index is 0.144. The Bertz CT molecular complexity index is 815. The van der Waals surface area contributed by atoms with Crippen molar-refractivity contribution in [2.45, 2.75) is 26.4 Å². The number of nitrogens with zero attached hydrogens (tertiary/aromatic N) is 4. The summed E-state index contributed by atoms with van der Waals surface area (Å²) in [7, 11) is 0. The molecule has 2 heterocycles. The fraction of sp³-hybridized carbons (Fsp3) is 0.222. The van der Waals surface area contributed by atoms with Gasteiger partial charge in [0.15, 0.2) is 0 Å². The topological polar surface area (TPSA) is 72.7 Å². The Morgan fingerprint density at radius 2 is 1.96 bits per heavy atom. The van der Waals surface area contributed by atoms with Crippen LogP contribution in [-0.2, 0) is 6.54 Å². The summed E-state index contributed by atoms with van der Waals surface area (Å²) < 4.78 is 1.71. The van der Waals surface area contributed by atoms with Crippen molar-refractivity contribution in [1.29, 1.82) is 0 Å². The van der Waals surface area contributed by atoms with Gasteiger partial charge in [-0.05, 0) is 31.5 Å². The van der Waals surface area contributed by atoms with Crippen LogP contribution in [0.2, 0.25) is 0 Å². The van der Waals surface area contributed by atoms with Crippen molar-refractivity contribution in [3.8, 4) is 0 Å². The Balaban J connectivity index is 1.84. The highest BCUT2D eigenvalue weighted by Crippen LogP contribution is 2.16. The van der Waals surface area contributed by atoms with E-state index in [0.29, 0.717) is 12.1 Å². The molecule has 6 nitrogen and oxygen atoms in total. The van der Waals surface area contributed by atoms with Crippen molar-refractivity contribution in [2.24, 2.45) is 0 Å². The number of amides is 1. The third-order valence-corrected chi connectivity index (χ3v) is 3.81. The Morgan fingerprint density at radius 3 is 2.62 bits per heavy atom. The van der Waals surface area contributed by atoms with Crippen LogP contribution in [0.4, 0.5) is 0 Å². The van der Waals surface area contributed by atoms with E-state index in [1.54, 1.807) is 11.0 Å². The summed E-state index contributed by atoms with van der Waals surface area (Å²) >= 11 is 0. The molecule has 2 aromatic heterocycles. The van der Waals surface area contributed by atoms with Crippen LogP contribution in [0.5, 0.6) is 0 Å². The lowest BCUT2D eigenvalue weighted by atomic mass is 10.1. The molecule has 3 aromatic rings. The lowest BCUT2D eigenvalue weighted by Crippen LogP contribution is -2.32. The summed E-state index contributed by atoms with van der Waals surface area (Å²) in [5.41, 5.74) is 3.21. The minimum atomic E-state index is -0.207. The molecule has 1 N–H and O–H groups in total. The first-order valence-electron chi connectivity index (χ1n) is 7.76. The number of carbonyl (C=O) groups excluding carboxylic acids is 1. The van der Waals surface area contributed by atoms with Crippen LogP contribution in [0, 0.1) is 13.8 Å². The van der Waals surface area contributed by atoms with Crippen molar-refractivity contribution >= 4 is 5.91 Å². The molecule has 24 heavy (non-hydrogen) atoms. The van der Waals surface area contributed by atoms with Gasteiger partial charge in [-0.3, -0.25) is 14.5 Å². The molecule has 0 radical (unpaired) electrons. The normalized spacial score (nSPS) is 11.9. The van der Waals surface area contributed by atoms with Gasteiger partial charge in [0.05, 0.1) is 23.8 Å². The van der Waals surface area contributed by atoms with Crippen LogP contribution in [0.1, 0.15) is 33.4 Å². The van der Waals surface area contributed by atoms with Gasteiger partial charge in [-0.2, -0.15) is 5.10 Å². The maximum atomic E-state index is 12.7. The first-order chi connectivity index (χ1) is 11.6.